The van der Waals surface area contributed by atoms with Gasteiger partial charge in [-0.1, -0.05) is 45.9 Å². The zero-order chi connectivity index (χ0) is 14.2. The molecule has 2 rings (SSSR count). The molecule has 2 heteroatoms. The average molecular weight is 259 g/mol. The molecule has 1 amide bonds. The molecular formula is C17H25NO. The van der Waals surface area contributed by atoms with Crippen LogP contribution in [0.25, 0.3) is 0 Å². The molecule has 1 aromatic carbocycles. The van der Waals surface area contributed by atoms with Crippen molar-refractivity contribution in [1.82, 2.24) is 4.90 Å². The van der Waals surface area contributed by atoms with Crippen molar-refractivity contribution in [2.45, 2.75) is 59.5 Å². The number of carbonyl (C=O) groups excluding carboxylic acids is 1. The zero-order valence-corrected chi connectivity index (χ0v) is 12.8. The van der Waals surface area contributed by atoms with Gasteiger partial charge in [0.25, 0.3) is 0 Å². The summed E-state index contributed by atoms with van der Waals surface area (Å²) >= 11 is 0. The van der Waals surface area contributed by atoms with Gasteiger partial charge in [-0.3, -0.25) is 4.79 Å². The highest BCUT2D eigenvalue weighted by Gasteiger charge is 2.30. The molecule has 2 nitrogen and oxygen atoms in total. The van der Waals surface area contributed by atoms with Crippen LogP contribution in [0.5, 0.6) is 0 Å². The first-order valence-electron chi connectivity index (χ1n) is 7.18. The maximum atomic E-state index is 11.6. The number of hydrogen-bond donors (Lipinski definition) is 0. The van der Waals surface area contributed by atoms with Gasteiger partial charge in [0, 0.05) is 20.0 Å². The van der Waals surface area contributed by atoms with Gasteiger partial charge in [0.1, 0.15) is 0 Å². The van der Waals surface area contributed by atoms with Crippen LogP contribution in [0.4, 0.5) is 0 Å². The normalized spacial score (nSPS) is 14.9. The van der Waals surface area contributed by atoms with Crippen molar-refractivity contribution in [2.75, 3.05) is 0 Å². The average Bonchev–Trinajstić information content (AvgIpc) is 2.70. The summed E-state index contributed by atoms with van der Waals surface area (Å²) in [7, 11) is 0. The Balaban J connectivity index is 2.36. The third-order valence-electron chi connectivity index (χ3n) is 4.08. The summed E-state index contributed by atoms with van der Waals surface area (Å²) < 4.78 is 0. The number of nitrogens with zero attached hydrogens (tertiary/aromatic N) is 1. The quantitative estimate of drug-likeness (QED) is 0.807. The van der Waals surface area contributed by atoms with E-state index < -0.39 is 0 Å². The molecule has 0 radical (unpaired) electrons. The maximum absolute atomic E-state index is 11.6. The van der Waals surface area contributed by atoms with E-state index in [-0.39, 0.29) is 11.3 Å². The van der Waals surface area contributed by atoms with Gasteiger partial charge in [0.15, 0.2) is 0 Å². The molecule has 0 saturated carbocycles. The Hall–Kier alpha value is -1.31. The summed E-state index contributed by atoms with van der Waals surface area (Å²) in [6.07, 6.45) is 1.17. The van der Waals surface area contributed by atoms with Crippen molar-refractivity contribution < 1.29 is 4.79 Å². The van der Waals surface area contributed by atoms with Crippen LogP contribution in [0.3, 0.4) is 0 Å². The van der Waals surface area contributed by atoms with Gasteiger partial charge in [-0.25, -0.2) is 0 Å². The predicted octanol–water partition coefficient (Wildman–Crippen LogP) is 3.87. The number of rotatable bonds is 3. The second kappa shape index (κ2) is 4.99. The lowest BCUT2D eigenvalue weighted by Crippen LogP contribution is -2.24. The van der Waals surface area contributed by atoms with Gasteiger partial charge in [0.05, 0.1) is 0 Å². The van der Waals surface area contributed by atoms with Crippen molar-refractivity contribution in [3.05, 3.63) is 34.9 Å². The predicted molar refractivity (Wildman–Crippen MR) is 78.9 cm³/mol. The van der Waals surface area contributed by atoms with E-state index in [2.05, 4.69) is 45.9 Å². The van der Waals surface area contributed by atoms with E-state index in [1.54, 1.807) is 6.92 Å². The van der Waals surface area contributed by atoms with Gasteiger partial charge in [-0.15, -0.1) is 0 Å². The Labute approximate surface area is 116 Å². The first-order chi connectivity index (χ1) is 8.81. The summed E-state index contributed by atoms with van der Waals surface area (Å²) in [4.78, 5) is 13.5. The largest absolute Gasteiger partial charge is 0.334 e. The van der Waals surface area contributed by atoms with Gasteiger partial charge in [0.2, 0.25) is 5.91 Å². The number of carbonyl (C=O) groups is 1. The third kappa shape index (κ3) is 2.83. The highest BCUT2D eigenvalue weighted by Crippen LogP contribution is 2.37. The number of fused-ring (bicyclic) bond motifs is 1. The molecule has 0 bridgehead atoms. The Morgan fingerprint density at radius 3 is 2.58 bits per heavy atom. The lowest BCUT2D eigenvalue weighted by atomic mass is 9.75. The number of amides is 1. The SMILES string of the molecule is CC(=O)N1Cc2cccc(C(C)(C)CC(C)C)c2C1. The molecule has 0 fully saturated rings. The maximum Gasteiger partial charge on any atom is 0.220 e. The van der Waals surface area contributed by atoms with Gasteiger partial charge >= 0.3 is 0 Å². The van der Waals surface area contributed by atoms with Gasteiger partial charge < -0.3 is 4.90 Å². The van der Waals surface area contributed by atoms with E-state index in [1.165, 1.54) is 23.1 Å². The zero-order valence-electron chi connectivity index (χ0n) is 12.8. The monoisotopic (exact) mass is 259 g/mol. The van der Waals surface area contributed by atoms with E-state index in [1.807, 2.05) is 4.90 Å². The fraction of sp³-hybridized carbons (Fsp3) is 0.588. The smallest absolute Gasteiger partial charge is 0.220 e. The molecule has 1 aromatic rings. The van der Waals surface area contributed by atoms with E-state index in [9.17, 15) is 4.79 Å². The summed E-state index contributed by atoms with van der Waals surface area (Å²) in [6.45, 7) is 12.4. The minimum absolute atomic E-state index is 0.170. The molecule has 1 aliphatic heterocycles. The van der Waals surface area contributed by atoms with Crippen LogP contribution in [0.2, 0.25) is 0 Å². The van der Waals surface area contributed by atoms with E-state index in [0.717, 1.165) is 13.1 Å². The van der Waals surface area contributed by atoms with Crippen LogP contribution in [0.1, 0.15) is 57.7 Å². The minimum Gasteiger partial charge on any atom is -0.334 e. The molecule has 0 unspecified atom stereocenters. The summed E-state index contributed by atoms with van der Waals surface area (Å²) in [5.41, 5.74) is 4.29. The topological polar surface area (TPSA) is 20.3 Å². The van der Waals surface area contributed by atoms with E-state index in [4.69, 9.17) is 0 Å². The Morgan fingerprint density at radius 1 is 1.32 bits per heavy atom. The molecule has 1 aliphatic rings. The van der Waals surface area contributed by atoms with Crippen LogP contribution in [0, 0.1) is 5.92 Å². The molecule has 0 aliphatic carbocycles. The second-order valence-corrected chi connectivity index (χ2v) is 6.80. The van der Waals surface area contributed by atoms with Crippen LogP contribution in [-0.4, -0.2) is 10.8 Å². The molecule has 0 aromatic heterocycles. The van der Waals surface area contributed by atoms with Crippen molar-refractivity contribution in [2.24, 2.45) is 5.92 Å². The molecule has 0 spiro atoms. The summed E-state index contributed by atoms with van der Waals surface area (Å²) in [5, 5.41) is 0. The van der Waals surface area contributed by atoms with Gasteiger partial charge in [-0.2, -0.15) is 0 Å². The number of hydrogen-bond acceptors (Lipinski definition) is 1. The fourth-order valence-corrected chi connectivity index (χ4v) is 3.41. The summed E-state index contributed by atoms with van der Waals surface area (Å²) in [6, 6.07) is 6.54. The molecule has 104 valence electrons. The second-order valence-electron chi connectivity index (χ2n) is 6.80. The van der Waals surface area contributed by atoms with Crippen LogP contribution >= 0.6 is 0 Å². The highest BCUT2D eigenvalue weighted by atomic mass is 16.2. The lowest BCUT2D eigenvalue weighted by molar-refractivity contribution is -0.129. The van der Waals surface area contributed by atoms with Gasteiger partial charge in [-0.05, 0) is 34.4 Å². The van der Waals surface area contributed by atoms with Crippen LogP contribution in [0.15, 0.2) is 18.2 Å². The first kappa shape index (κ1) is 14.1. The summed E-state index contributed by atoms with van der Waals surface area (Å²) in [5.74, 6) is 0.847. The minimum atomic E-state index is 0.170. The lowest BCUT2D eigenvalue weighted by Gasteiger charge is -2.29. The Morgan fingerprint density at radius 2 is 2.00 bits per heavy atom. The molecule has 1 heterocycles. The highest BCUT2D eigenvalue weighted by molar-refractivity contribution is 5.74. The van der Waals surface area contributed by atoms with Crippen LogP contribution in [-0.2, 0) is 23.3 Å². The third-order valence-corrected chi connectivity index (χ3v) is 4.08. The van der Waals surface area contributed by atoms with Crippen molar-refractivity contribution in [3.8, 4) is 0 Å². The number of benzene rings is 1. The molecular weight excluding hydrogens is 234 g/mol. The van der Waals surface area contributed by atoms with Crippen LogP contribution < -0.4 is 0 Å². The van der Waals surface area contributed by atoms with Crippen molar-refractivity contribution >= 4 is 5.91 Å². The Kier molecular flexibility index (Phi) is 3.71. The fourth-order valence-electron chi connectivity index (χ4n) is 3.41. The molecule has 19 heavy (non-hydrogen) atoms. The Bertz CT molecular complexity index is 488. The molecule has 0 saturated heterocycles. The van der Waals surface area contributed by atoms with E-state index >= 15 is 0 Å². The van der Waals surface area contributed by atoms with Crippen molar-refractivity contribution in [1.29, 1.82) is 0 Å². The van der Waals surface area contributed by atoms with Crippen molar-refractivity contribution in [3.63, 3.8) is 0 Å². The standard InChI is InChI=1S/C17H25NO/c1-12(2)9-17(4,5)16-8-6-7-14-10-18(13(3)19)11-15(14)16/h6-8,12H,9-11H2,1-5H3. The first-order valence-corrected chi connectivity index (χ1v) is 7.18. The molecule has 0 atom stereocenters. The molecule has 0 N–H and O–H groups in total. The van der Waals surface area contributed by atoms with E-state index in [0.29, 0.717) is 5.92 Å².